The number of aryl methyl sites for hydroxylation is 1. The zero-order chi connectivity index (χ0) is 21.9. The number of carbonyl (C=O) groups excluding carboxylic acids is 2. The second-order valence-corrected chi connectivity index (χ2v) is 5.77. The molecule has 1 saturated heterocycles. The number of nitrogens with two attached hydrogens (primary N) is 1. The SMILES string of the molecule is Cn1cc(N(C(=O)C(F)(F)F)C2C[NH2+]CC(F)(F)C2)cn1.O=C([O-])C(F)(F)F. The number of amides is 1. The van der Waals surface area contributed by atoms with E-state index >= 15 is 0 Å². The smallest absolute Gasteiger partial charge is 0.471 e. The Hall–Kier alpha value is -2.45. The third-order valence-corrected chi connectivity index (χ3v) is 3.44. The number of aromatic nitrogens is 2. The molecule has 1 aromatic heterocycles. The van der Waals surface area contributed by atoms with E-state index in [0.29, 0.717) is 4.90 Å². The van der Waals surface area contributed by atoms with Crippen molar-refractivity contribution in [3.8, 4) is 0 Å². The molecule has 0 spiro atoms. The molecule has 1 amide bonds. The van der Waals surface area contributed by atoms with Crippen LogP contribution in [0.3, 0.4) is 0 Å². The standard InChI is InChI=1S/C11H13F5N4O.C2HF3O2/c1-19-5-8(4-18-19)20(9(21)11(14,15)16)7-2-10(12,13)6-17-3-7;3-2(4,5)1(6)7/h4-5,7,17H,2-3,6H2,1H3;(H,6,7). The lowest BCUT2D eigenvalue weighted by atomic mass is 10.0. The second-order valence-electron chi connectivity index (χ2n) is 5.77. The Balaban J connectivity index is 0.000000480. The Labute approximate surface area is 151 Å². The lowest BCUT2D eigenvalue weighted by Crippen LogP contribution is -2.93. The minimum absolute atomic E-state index is 0.0215. The van der Waals surface area contributed by atoms with Gasteiger partial charge in [0.2, 0.25) is 0 Å². The van der Waals surface area contributed by atoms with Gasteiger partial charge in [0.25, 0.3) is 5.92 Å². The molecule has 15 heteroatoms. The van der Waals surface area contributed by atoms with Gasteiger partial charge in [-0.1, -0.05) is 0 Å². The number of quaternary nitrogens is 1. The van der Waals surface area contributed by atoms with Gasteiger partial charge in [0.15, 0.2) is 0 Å². The van der Waals surface area contributed by atoms with Gasteiger partial charge >= 0.3 is 18.3 Å². The number of piperidine rings is 1. The van der Waals surface area contributed by atoms with Crippen LogP contribution in [-0.4, -0.2) is 59.1 Å². The highest BCUT2D eigenvalue weighted by Crippen LogP contribution is 2.30. The summed E-state index contributed by atoms with van der Waals surface area (Å²) < 4.78 is 97.8. The van der Waals surface area contributed by atoms with Crippen LogP contribution in [0, 0.1) is 0 Å². The Kier molecular flexibility index (Phi) is 6.98. The third-order valence-electron chi connectivity index (χ3n) is 3.44. The van der Waals surface area contributed by atoms with Gasteiger partial charge in [-0.15, -0.1) is 0 Å². The topological polar surface area (TPSA) is 94.9 Å². The summed E-state index contributed by atoms with van der Waals surface area (Å²) >= 11 is 0. The molecular weight excluding hydrogens is 412 g/mol. The van der Waals surface area contributed by atoms with Crippen molar-refractivity contribution in [2.45, 2.75) is 30.7 Å². The normalized spacial score (nSPS) is 19.4. The van der Waals surface area contributed by atoms with Crippen LogP contribution in [0.2, 0.25) is 0 Å². The average Bonchev–Trinajstić information content (AvgIpc) is 2.91. The van der Waals surface area contributed by atoms with Crippen molar-refractivity contribution in [3.05, 3.63) is 12.4 Å². The van der Waals surface area contributed by atoms with Gasteiger partial charge < -0.3 is 15.2 Å². The van der Waals surface area contributed by atoms with Crippen LogP contribution in [-0.2, 0) is 16.6 Å². The van der Waals surface area contributed by atoms with Gasteiger partial charge in [0.1, 0.15) is 12.5 Å². The summed E-state index contributed by atoms with van der Waals surface area (Å²) in [6.07, 6.45) is -8.89. The molecule has 1 fully saturated rings. The molecule has 1 aromatic rings. The highest BCUT2D eigenvalue weighted by molar-refractivity contribution is 5.97. The van der Waals surface area contributed by atoms with Crippen LogP contribution in [0.15, 0.2) is 12.4 Å². The minimum Gasteiger partial charge on any atom is -0.542 e. The van der Waals surface area contributed by atoms with Gasteiger partial charge in [0, 0.05) is 19.7 Å². The number of carbonyl (C=O) groups is 2. The Morgan fingerprint density at radius 1 is 1.25 bits per heavy atom. The van der Waals surface area contributed by atoms with E-state index in [-0.39, 0.29) is 12.2 Å². The first-order chi connectivity index (χ1) is 12.5. The number of hydrogen-bond donors (Lipinski definition) is 1. The molecule has 1 aliphatic rings. The predicted octanol–water partition coefficient (Wildman–Crippen LogP) is -0.415. The fraction of sp³-hybridized carbons (Fsp3) is 0.615. The van der Waals surface area contributed by atoms with Crippen LogP contribution in [0.1, 0.15) is 6.42 Å². The summed E-state index contributed by atoms with van der Waals surface area (Å²) in [7, 11) is 1.46. The van der Waals surface area contributed by atoms with Crippen LogP contribution in [0.25, 0.3) is 0 Å². The highest BCUT2D eigenvalue weighted by atomic mass is 19.4. The van der Waals surface area contributed by atoms with Crippen molar-refractivity contribution in [2.75, 3.05) is 18.0 Å². The molecule has 0 bridgehead atoms. The molecule has 1 atom stereocenters. The fourth-order valence-electron chi connectivity index (χ4n) is 2.36. The third kappa shape index (κ3) is 6.61. The van der Waals surface area contributed by atoms with E-state index in [4.69, 9.17) is 9.90 Å². The van der Waals surface area contributed by atoms with Crippen molar-refractivity contribution in [1.82, 2.24) is 9.78 Å². The number of aliphatic carboxylic acids is 1. The van der Waals surface area contributed by atoms with E-state index < -0.39 is 49.2 Å². The number of anilines is 1. The first kappa shape index (κ1) is 23.6. The van der Waals surface area contributed by atoms with E-state index in [1.165, 1.54) is 23.2 Å². The van der Waals surface area contributed by atoms with Crippen molar-refractivity contribution in [1.29, 1.82) is 0 Å². The zero-order valence-electron chi connectivity index (χ0n) is 14.0. The van der Waals surface area contributed by atoms with Crippen LogP contribution >= 0.6 is 0 Å². The number of alkyl halides is 8. The summed E-state index contributed by atoms with van der Waals surface area (Å²) in [5.41, 5.74) is -0.143. The van der Waals surface area contributed by atoms with Crippen molar-refractivity contribution >= 4 is 17.6 Å². The van der Waals surface area contributed by atoms with Gasteiger partial charge in [-0.2, -0.15) is 31.4 Å². The maximum atomic E-state index is 13.4. The molecule has 7 nitrogen and oxygen atoms in total. The summed E-state index contributed by atoms with van der Waals surface area (Å²) in [6.45, 7) is -0.517. The van der Waals surface area contributed by atoms with E-state index in [1.807, 2.05) is 0 Å². The molecular formula is C13H14F8N4O3. The molecule has 2 N–H and O–H groups in total. The zero-order valence-corrected chi connectivity index (χ0v) is 14.0. The van der Waals surface area contributed by atoms with E-state index in [1.54, 1.807) is 0 Å². The fourth-order valence-corrected chi connectivity index (χ4v) is 2.36. The maximum absolute atomic E-state index is 13.4. The summed E-state index contributed by atoms with van der Waals surface area (Å²) in [4.78, 5) is 20.7. The average molecular weight is 426 g/mol. The van der Waals surface area contributed by atoms with Crippen LogP contribution in [0.5, 0.6) is 0 Å². The Morgan fingerprint density at radius 3 is 2.14 bits per heavy atom. The van der Waals surface area contributed by atoms with Crippen LogP contribution in [0.4, 0.5) is 40.8 Å². The second kappa shape index (κ2) is 8.28. The lowest BCUT2D eigenvalue weighted by Gasteiger charge is -2.35. The largest absolute Gasteiger partial charge is 0.542 e. The molecule has 1 unspecified atom stereocenters. The minimum atomic E-state index is -5.19. The number of hydrogen-bond acceptors (Lipinski definition) is 4. The highest BCUT2D eigenvalue weighted by Gasteiger charge is 2.50. The Bertz CT molecular complexity index is 701. The number of carboxylic acid groups (broad SMARTS) is 1. The monoisotopic (exact) mass is 426 g/mol. The maximum Gasteiger partial charge on any atom is 0.471 e. The first-order valence-electron chi connectivity index (χ1n) is 7.41. The van der Waals surface area contributed by atoms with Crippen molar-refractivity contribution in [3.63, 3.8) is 0 Å². The molecule has 160 valence electrons. The van der Waals surface area contributed by atoms with Gasteiger partial charge in [-0.25, -0.2) is 8.78 Å². The number of rotatable bonds is 2. The number of halogens is 8. The lowest BCUT2D eigenvalue weighted by molar-refractivity contribution is -0.681. The first-order valence-corrected chi connectivity index (χ1v) is 7.41. The molecule has 0 aliphatic carbocycles. The summed E-state index contributed by atoms with van der Waals surface area (Å²) in [5.74, 6) is -8.28. The number of carboxylic acids is 1. The molecule has 2 rings (SSSR count). The quantitative estimate of drug-likeness (QED) is 0.651. The molecule has 0 saturated carbocycles. The summed E-state index contributed by atoms with van der Waals surface area (Å²) in [5, 5.41) is 13.7. The van der Waals surface area contributed by atoms with Crippen molar-refractivity contribution < 1.29 is 55.1 Å². The van der Waals surface area contributed by atoms with Crippen molar-refractivity contribution in [2.24, 2.45) is 7.05 Å². The van der Waals surface area contributed by atoms with Gasteiger partial charge in [0.05, 0.1) is 24.5 Å². The van der Waals surface area contributed by atoms with E-state index in [9.17, 15) is 39.9 Å². The van der Waals surface area contributed by atoms with E-state index in [0.717, 1.165) is 6.20 Å². The summed E-state index contributed by atoms with van der Waals surface area (Å²) in [6, 6.07) is -1.24. The van der Waals surface area contributed by atoms with Gasteiger partial charge in [-0.05, 0) is 0 Å². The molecule has 0 radical (unpaired) electrons. The Morgan fingerprint density at radius 2 is 1.79 bits per heavy atom. The molecule has 1 aliphatic heterocycles. The molecule has 0 aromatic carbocycles. The van der Waals surface area contributed by atoms with Gasteiger partial charge in [-0.3, -0.25) is 14.4 Å². The van der Waals surface area contributed by atoms with Crippen LogP contribution < -0.4 is 15.3 Å². The van der Waals surface area contributed by atoms with E-state index in [2.05, 4.69) is 5.10 Å². The predicted molar refractivity (Wildman–Crippen MR) is 72.8 cm³/mol. The molecule has 28 heavy (non-hydrogen) atoms. The number of nitrogens with zero attached hydrogens (tertiary/aromatic N) is 3. The molecule has 2 heterocycles.